The van der Waals surface area contributed by atoms with Crippen LogP contribution < -0.4 is 11.5 Å². The van der Waals surface area contributed by atoms with Crippen molar-refractivity contribution in [1.82, 2.24) is 9.80 Å². The Balaban J connectivity index is 0.000000237. The van der Waals surface area contributed by atoms with Gasteiger partial charge in [0.05, 0.1) is 47.3 Å². The Morgan fingerprint density at radius 3 is 1.18 bits per heavy atom. The van der Waals surface area contributed by atoms with Crippen LogP contribution in [0.2, 0.25) is 0 Å². The predicted octanol–water partition coefficient (Wildman–Crippen LogP) is -0.588. The van der Waals surface area contributed by atoms with Gasteiger partial charge in [0.1, 0.15) is 45.7 Å². The molecule has 0 unspecified atom stereocenters. The molecule has 0 aliphatic heterocycles. The van der Waals surface area contributed by atoms with Gasteiger partial charge in [-0.05, 0) is 70.2 Å². The van der Waals surface area contributed by atoms with E-state index in [9.17, 15) is 79.8 Å². The number of benzene rings is 2. The SMILES string of the molecule is CCO.C[C@H]1c2cccc(O)c2C(O)=C2C(=O)[C@]3(O)C(O)=C(C(N)=O)C(=O)[C@@H](N(C)C)[C@@H]3[C@@H](O)[C@@H]21.C[C@H]1c2cccc(O)c2C(O)=C2C(=O)[C@]3(O)C(O)=C(C(N)=O)C(=O)[C@@H](N(C)C)[C@@H]3[C@@H](O)[C@@H]21.Cl. The fraction of sp³-hybridized carbons (Fsp3) is 0.435. The van der Waals surface area contributed by atoms with Crippen molar-refractivity contribution >= 4 is 58.9 Å². The molecule has 2 aromatic rings. The highest BCUT2D eigenvalue weighted by molar-refractivity contribution is 6.26. The molecule has 0 spiro atoms. The maximum atomic E-state index is 13.7. The first-order valence-corrected chi connectivity index (χ1v) is 21.1. The summed E-state index contributed by atoms with van der Waals surface area (Å²) >= 11 is 0. The largest absolute Gasteiger partial charge is 0.508 e. The number of phenolic OH excluding ortho intramolecular Hbond substituents is 2. The van der Waals surface area contributed by atoms with Crippen LogP contribution in [-0.2, 0) is 28.8 Å². The van der Waals surface area contributed by atoms with Gasteiger partial charge in [0.15, 0.2) is 22.8 Å². The van der Waals surface area contributed by atoms with Crippen LogP contribution in [0.25, 0.3) is 11.5 Å². The monoisotopic (exact) mass is 970 g/mol. The first-order valence-electron chi connectivity index (χ1n) is 21.1. The minimum atomic E-state index is -2.89. The summed E-state index contributed by atoms with van der Waals surface area (Å²) in [6.07, 6.45) is -3.18. The number of nitrogens with two attached hydrogens (primary N) is 2. The van der Waals surface area contributed by atoms with Gasteiger partial charge in [-0.3, -0.25) is 38.6 Å². The molecule has 8 rings (SSSR count). The highest BCUT2D eigenvalue weighted by atomic mass is 35.5. The number of hydrogen-bond donors (Lipinski definition) is 13. The number of carbonyl (C=O) groups excluding carboxylic acids is 6. The van der Waals surface area contributed by atoms with Crippen LogP contribution in [0.5, 0.6) is 11.5 Å². The number of phenols is 2. The lowest BCUT2D eigenvalue weighted by atomic mass is 9.54. The molecule has 2 amide bonds. The number of likely N-dealkylation sites (N-methyl/N-ethyl adjacent to an activating group) is 2. The van der Waals surface area contributed by atoms with Crippen molar-refractivity contribution in [1.29, 1.82) is 0 Å². The number of hydrogen-bond acceptors (Lipinski definition) is 19. The number of carbonyl (C=O) groups is 6. The zero-order valence-corrected chi connectivity index (χ0v) is 38.6. The average molecular weight is 971 g/mol. The first-order chi connectivity index (χ1) is 31.1. The van der Waals surface area contributed by atoms with Gasteiger partial charge in [-0.1, -0.05) is 38.1 Å². The topological polar surface area (TPSA) is 383 Å². The van der Waals surface area contributed by atoms with Crippen LogP contribution >= 0.6 is 12.4 Å². The second kappa shape index (κ2) is 18.4. The molecule has 0 saturated heterocycles. The van der Waals surface area contributed by atoms with Crippen LogP contribution in [-0.4, -0.2) is 171 Å². The molecule has 21 nitrogen and oxygen atoms in total. The Morgan fingerprint density at radius 2 is 0.912 bits per heavy atom. The van der Waals surface area contributed by atoms with E-state index in [4.69, 9.17) is 16.6 Å². The number of aliphatic hydroxyl groups excluding tert-OH is 7. The van der Waals surface area contributed by atoms with Gasteiger partial charge >= 0.3 is 0 Å². The van der Waals surface area contributed by atoms with E-state index >= 15 is 0 Å². The lowest BCUT2D eigenvalue weighted by molar-refractivity contribution is -0.170. The summed E-state index contributed by atoms with van der Waals surface area (Å²) in [6.45, 7) is 5.28. The Hall–Kier alpha value is -6.17. The summed E-state index contributed by atoms with van der Waals surface area (Å²) in [7, 11) is 5.84. The zero-order chi connectivity index (χ0) is 50.4. The van der Waals surface area contributed by atoms with E-state index < -0.39 is 151 Å². The zero-order valence-electron chi connectivity index (χ0n) is 37.8. The van der Waals surface area contributed by atoms with E-state index in [1.165, 1.54) is 50.1 Å². The van der Waals surface area contributed by atoms with E-state index in [2.05, 4.69) is 0 Å². The lowest BCUT2D eigenvalue weighted by Gasteiger charge is -2.53. The molecule has 368 valence electrons. The fourth-order valence-corrected chi connectivity index (χ4v) is 11.2. The van der Waals surface area contributed by atoms with E-state index in [1.54, 1.807) is 45.0 Å². The normalized spacial score (nSPS) is 32.6. The van der Waals surface area contributed by atoms with Crippen molar-refractivity contribution in [3.8, 4) is 11.5 Å². The summed E-state index contributed by atoms with van der Waals surface area (Å²) < 4.78 is 0. The van der Waals surface area contributed by atoms with Crippen LogP contribution in [0, 0.1) is 23.7 Å². The molecular weight excluding hydrogens is 916 g/mol. The summed E-state index contributed by atoms with van der Waals surface area (Å²) in [5.41, 5.74) is 2.94. The van der Waals surface area contributed by atoms with Gasteiger partial charge < -0.3 is 67.6 Å². The predicted molar refractivity (Wildman–Crippen MR) is 241 cm³/mol. The smallest absolute Gasteiger partial charge is 0.255 e. The van der Waals surface area contributed by atoms with Crippen molar-refractivity contribution < 1.29 is 84.9 Å². The quantitative estimate of drug-likeness (QED) is 0.170. The average Bonchev–Trinajstić information content (AvgIpc) is 3.23. The van der Waals surface area contributed by atoms with Crippen molar-refractivity contribution in [2.75, 3.05) is 34.8 Å². The Morgan fingerprint density at radius 1 is 0.618 bits per heavy atom. The third kappa shape index (κ3) is 7.18. The molecule has 0 heterocycles. The van der Waals surface area contributed by atoms with Crippen LogP contribution in [0.1, 0.15) is 54.9 Å². The molecule has 0 bridgehead atoms. The van der Waals surface area contributed by atoms with Gasteiger partial charge in [-0.15, -0.1) is 12.4 Å². The van der Waals surface area contributed by atoms with Gasteiger partial charge in [0, 0.05) is 29.6 Å². The number of primary amides is 2. The Kier molecular flexibility index (Phi) is 14.3. The van der Waals surface area contributed by atoms with E-state index in [0.29, 0.717) is 11.1 Å². The van der Waals surface area contributed by atoms with Crippen molar-refractivity contribution in [3.05, 3.63) is 92.5 Å². The Labute approximate surface area is 394 Å². The van der Waals surface area contributed by atoms with Crippen LogP contribution in [0.4, 0.5) is 0 Å². The molecule has 2 fully saturated rings. The van der Waals surface area contributed by atoms with Crippen molar-refractivity contribution in [2.45, 2.75) is 68.1 Å². The van der Waals surface area contributed by atoms with Crippen LogP contribution in [0.15, 0.2) is 70.2 Å². The molecular formula is C46H55ClN4O17. The third-order valence-corrected chi connectivity index (χ3v) is 14.0. The molecule has 0 radical (unpaired) electrons. The second-order valence-corrected chi connectivity index (χ2v) is 17.9. The molecule has 2 aromatic carbocycles. The van der Waals surface area contributed by atoms with Crippen LogP contribution in [0.3, 0.4) is 0 Å². The number of halogens is 1. The number of ketones is 4. The molecule has 15 N–H and O–H groups in total. The molecule has 2 saturated carbocycles. The summed E-state index contributed by atoms with van der Waals surface area (Å²) in [5, 5.41) is 117. The number of Topliss-reactive ketones (excluding diaryl/α,β-unsaturated/α-hetero) is 4. The number of fused-ring (bicyclic) bond motifs is 6. The minimum Gasteiger partial charge on any atom is -0.508 e. The Bertz CT molecular complexity index is 2480. The standard InChI is InChI=1S/2C22H24N2O8.C2H6O.ClH/c2*1-7-8-5-4-6-9(25)11(8)16(26)12-10(7)17(27)14-15(24(2)3)18(28)13(21(23)31)20(30)22(14,32)19(12)29;1-2-3;/h2*4-7,10,14-15,17,25-27,30,32H,1-3H3,(H2,23,31);3H,2H2,1H3;1H/t2*7-,10+,14+,15-,17-,22-;;/m00../s1. The maximum Gasteiger partial charge on any atom is 0.255 e. The van der Waals surface area contributed by atoms with Crippen molar-refractivity contribution in [2.24, 2.45) is 35.1 Å². The summed E-state index contributed by atoms with van der Waals surface area (Å²) in [4.78, 5) is 79.9. The van der Waals surface area contributed by atoms with E-state index in [1.807, 2.05) is 0 Å². The first kappa shape index (κ1) is 52.8. The maximum absolute atomic E-state index is 13.7. The molecule has 0 aromatic heterocycles. The van der Waals surface area contributed by atoms with Gasteiger partial charge in [0.25, 0.3) is 11.8 Å². The van der Waals surface area contributed by atoms with Crippen molar-refractivity contribution in [3.63, 3.8) is 0 Å². The summed E-state index contributed by atoms with van der Waals surface area (Å²) in [5.74, 6) is -17.7. The number of amides is 2. The molecule has 6 aliphatic carbocycles. The van der Waals surface area contributed by atoms with Gasteiger partial charge in [0.2, 0.25) is 11.6 Å². The fourth-order valence-electron chi connectivity index (χ4n) is 11.2. The lowest BCUT2D eigenvalue weighted by Crippen LogP contribution is -2.70. The highest BCUT2D eigenvalue weighted by Gasteiger charge is 2.70. The molecule has 68 heavy (non-hydrogen) atoms. The number of aliphatic hydroxyl groups is 9. The number of aromatic hydroxyl groups is 2. The highest BCUT2D eigenvalue weighted by Crippen LogP contribution is 2.58. The number of rotatable bonds is 4. The second-order valence-electron chi connectivity index (χ2n) is 17.9. The molecule has 12 atom stereocenters. The third-order valence-electron chi connectivity index (χ3n) is 14.0. The van der Waals surface area contributed by atoms with E-state index in [-0.39, 0.29) is 41.6 Å². The summed E-state index contributed by atoms with van der Waals surface area (Å²) in [6, 6.07) is 6.26. The van der Waals surface area contributed by atoms with Gasteiger partial charge in [-0.25, -0.2) is 0 Å². The molecule has 22 heteroatoms. The number of nitrogens with zero attached hydrogens (tertiary/aromatic N) is 2. The van der Waals surface area contributed by atoms with E-state index in [0.717, 1.165) is 0 Å². The molecule has 6 aliphatic rings. The minimum absolute atomic E-state index is 0. The van der Waals surface area contributed by atoms with Gasteiger partial charge in [-0.2, -0.15) is 0 Å².